The number of carbonyl (C=O) groups excluding carboxylic acids is 3. The lowest BCUT2D eigenvalue weighted by molar-refractivity contribution is -0.149. The average molecular weight is 377 g/mol. The monoisotopic (exact) mass is 377 g/mol. The first-order valence-corrected chi connectivity index (χ1v) is 10.0. The molecule has 1 aromatic rings. The standard InChI is InChI=1S/C18H23N3O4S/c22-16(13-11-21(12-13)18(24)15-4-2-10-26-15)19-5-7-20(8-6-19)17(23)14-3-1-9-25-14/h2,4,10,13-14H,1,3,5-9,11-12H2. The van der Waals surface area contributed by atoms with Crippen LogP contribution in [0.4, 0.5) is 0 Å². The number of piperazine rings is 1. The van der Waals surface area contributed by atoms with Crippen molar-refractivity contribution >= 4 is 29.1 Å². The third-order valence-electron chi connectivity index (χ3n) is 5.36. The summed E-state index contributed by atoms with van der Waals surface area (Å²) in [6.45, 7) is 3.90. The van der Waals surface area contributed by atoms with E-state index in [1.54, 1.807) is 4.90 Å². The number of hydrogen-bond donors (Lipinski definition) is 0. The molecule has 140 valence electrons. The Kier molecular flexibility index (Phi) is 4.95. The number of ether oxygens (including phenoxy) is 1. The lowest BCUT2D eigenvalue weighted by Gasteiger charge is -2.42. The van der Waals surface area contributed by atoms with E-state index in [9.17, 15) is 14.4 Å². The number of hydrogen-bond acceptors (Lipinski definition) is 5. The lowest BCUT2D eigenvalue weighted by atomic mass is 9.97. The van der Waals surface area contributed by atoms with Crippen molar-refractivity contribution in [1.29, 1.82) is 0 Å². The number of likely N-dealkylation sites (tertiary alicyclic amines) is 1. The summed E-state index contributed by atoms with van der Waals surface area (Å²) in [5.41, 5.74) is 0. The van der Waals surface area contributed by atoms with Gasteiger partial charge in [0.25, 0.3) is 11.8 Å². The molecule has 0 bridgehead atoms. The Morgan fingerprint density at radius 1 is 1.00 bits per heavy atom. The van der Waals surface area contributed by atoms with Crippen molar-refractivity contribution < 1.29 is 19.1 Å². The maximum Gasteiger partial charge on any atom is 0.263 e. The lowest BCUT2D eigenvalue weighted by Crippen LogP contribution is -2.59. The zero-order chi connectivity index (χ0) is 18.1. The molecule has 26 heavy (non-hydrogen) atoms. The fraction of sp³-hybridized carbons (Fsp3) is 0.611. The molecular weight excluding hydrogens is 354 g/mol. The van der Waals surface area contributed by atoms with Crippen molar-refractivity contribution in [3.63, 3.8) is 0 Å². The molecule has 3 saturated heterocycles. The Morgan fingerprint density at radius 2 is 1.69 bits per heavy atom. The second kappa shape index (κ2) is 7.36. The van der Waals surface area contributed by atoms with Crippen LogP contribution in [0.3, 0.4) is 0 Å². The third-order valence-corrected chi connectivity index (χ3v) is 6.22. The highest BCUT2D eigenvalue weighted by molar-refractivity contribution is 7.12. The van der Waals surface area contributed by atoms with E-state index in [0.29, 0.717) is 45.9 Å². The molecule has 4 rings (SSSR count). The van der Waals surface area contributed by atoms with Gasteiger partial charge in [-0.2, -0.15) is 0 Å². The second-order valence-electron chi connectivity index (χ2n) is 7.04. The van der Waals surface area contributed by atoms with Gasteiger partial charge in [-0.15, -0.1) is 11.3 Å². The van der Waals surface area contributed by atoms with Crippen molar-refractivity contribution in [1.82, 2.24) is 14.7 Å². The highest BCUT2D eigenvalue weighted by Crippen LogP contribution is 2.23. The summed E-state index contributed by atoms with van der Waals surface area (Å²) < 4.78 is 5.46. The first-order valence-electron chi connectivity index (χ1n) is 9.15. The molecule has 4 heterocycles. The summed E-state index contributed by atoms with van der Waals surface area (Å²) in [7, 11) is 0. The normalized spacial score (nSPS) is 23.8. The zero-order valence-electron chi connectivity index (χ0n) is 14.6. The predicted octanol–water partition coefficient (Wildman–Crippen LogP) is 0.670. The van der Waals surface area contributed by atoms with Gasteiger partial charge in [-0.3, -0.25) is 14.4 Å². The summed E-state index contributed by atoms with van der Waals surface area (Å²) in [5.74, 6) is 0.0609. The van der Waals surface area contributed by atoms with E-state index in [1.165, 1.54) is 11.3 Å². The second-order valence-corrected chi connectivity index (χ2v) is 7.98. The molecule has 7 nitrogen and oxygen atoms in total. The molecule has 1 atom stereocenters. The molecule has 0 saturated carbocycles. The van der Waals surface area contributed by atoms with Gasteiger partial charge < -0.3 is 19.4 Å². The molecule has 8 heteroatoms. The number of amides is 3. The van der Waals surface area contributed by atoms with Crippen molar-refractivity contribution in [3.05, 3.63) is 22.4 Å². The summed E-state index contributed by atoms with van der Waals surface area (Å²) in [6, 6.07) is 3.67. The van der Waals surface area contributed by atoms with Gasteiger partial charge in [0.15, 0.2) is 0 Å². The van der Waals surface area contributed by atoms with E-state index in [-0.39, 0.29) is 29.7 Å². The number of nitrogens with zero attached hydrogens (tertiary/aromatic N) is 3. The molecule has 3 aliphatic heterocycles. The molecule has 3 fully saturated rings. The average Bonchev–Trinajstić information content (AvgIpc) is 3.33. The summed E-state index contributed by atoms with van der Waals surface area (Å²) in [5, 5.41) is 1.88. The van der Waals surface area contributed by atoms with Crippen LogP contribution in [0.15, 0.2) is 17.5 Å². The van der Waals surface area contributed by atoms with Gasteiger partial charge in [-0.1, -0.05) is 6.07 Å². The van der Waals surface area contributed by atoms with Crippen molar-refractivity contribution in [3.8, 4) is 0 Å². The van der Waals surface area contributed by atoms with E-state index < -0.39 is 0 Å². The minimum atomic E-state index is -0.291. The fourth-order valence-corrected chi connectivity index (χ4v) is 4.43. The van der Waals surface area contributed by atoms with Crippen LogP contribution in [0, 0.1) is 5.92 Å². The van der Waals surface area contributed by atoms with Gasteiger partial charge in [0.2, 0.25) is 5.91 Å². The SMILES string of the molecule is O=C(c1cccs1)N1CC(C(=O)N2CCN(C(=O)C3CCCO3)CC2)C1. The maximum absolute atomic E-state index is 12.6. The van der Waals surface area contributed by atoms with E-state index in [0.717, 1.165) is 17.7 Å². The van der Waals surface area contributed by atoms with Gasteiger partial charge in [0, 0.05) is 45.9 Å². The third kappa shape index (κ3) is 3.35. The molecule has 3 amide bonds. The van der Waals surface area contributed by atoms with Crippen LogP contribution in [-0.4, -0.2) is 84.4 Å². The molecule has 0 N–H and O–H groups in total. The molecule has 0 radical (unpaired) electrons. The number of carbonyl (C=O) groups is 3. The largest absolute Gasteiger partial charge is 0.368 e. The van der Waals surface area contributed by atoms with Gasteiger partial charge in [0.1, 0.15) is 6.10 Å². The Balaban J connectivity index is 1.23. The van der Waals surface area contributed by atoms with Gasteiger partial charge in [-0.05, 0) is 24.3 Å². The number of thiophene rings is 1. The Labute approximate surface area is 156 Å². The minimum absolute atomic E-state index is 0.0102. The highest BCUT2D eigenvalue weighted by Gasteiger charge is 2.39. The molecule has 0 spiro atoms. The smallest absolute Gasteiger partial charge is 0.263 e. The van der Waals surface area contributed by atoms with Crippen LogP contribution in [0.25, 0.3) is 0 Å². The van der Waals surface area contributed by atoms with Crippen LogP contribution < -0.4 is 0 Å². The Morgan fingerprint density at radius 3 is 2.27 bits per heavy atom. The topological polar surface area (TPSA) is 70.2 Å². The zero-order valence-corrected chi connectivity index (χ0v) is 15.5. The first-order chi connectivity index (χ1) is 12.6. The minimum Gasteiger partial charge on any atom is -0.368 e. The van der Waals surface area contributed by atoms with Crippen LogP contribution >= 0.6 is 11.3 Å². The molecule has 0 aliphatic carbocycles. The molecule has 3 aliphatic rings. The summed E-state index contributed by atoms with van der Waals surface area (Å²) >= 11 is 1.43. The molecular formula is C18H23N3O4S. The van der Waals surface area contributed by atoms with Gasteiger partial charge in [0.05, 0.1) is 10.8 Å². The van der Waals surface area contributed by atoms with Gasteiger partial charge >= 0.3 is 0 Å². The maximum atomic E-state index is 12.6. The van der Waals surface area contributed by atoms with Crippen LogP contribution in [-0.2, 0) is 14.3 Å². The molecule has 0 aromatic carbocycles. The fourth-order valence-electron chi connectivity index (χ4n) is 3.74. The first kappa shape index (κ1) is 17.5. The Bertz CT molecular complexity index is 673. The van der Waals surface area contributed by atoms with Crippen molar-refractivity contribution in [2.24, 2.45) is 5.92 Å². The molecule has 1 aromatic heterocycles. The van der Waals surface area contributed by atoms with E-state index in [2.05, 4.69) is 0 Å². The number of rotatable bonds is 3. The van der Waals surface area contributed by atoms with Crippen LogP contribution in [0.5, 0.6) is 0 Å². The van der Waals surface area contributed by atoms with E-state index in [1.807, 2.05) is 27.3 Å². The van der Waals surface area contributed by atoms with E-state index in [4.69, 9.17) is 4.74 Å². The van der Waals surface area contributed by atoms with E-state index >= 15 is 0 Å². The van der Waals surface area contributed by atoms with Gasteiger partial charge in [-0.25, -0.2) is 0 Å². The Hall–Kier alpha value is -1.93. The summed E-state index contributed by atoms with van der Waals surface area (Å²) in [4.78, 5) is 43.3. The summed E-state index contributed by atoms with van der Waals surface area (Å²) in [6.07, 6.45) is 1.45. The quantitative estimate of drug-likeness (QED) is 0.776. The molecule has 1 unspecified atom stereocenters. The van der Waals surface area contributed by atoms with Crippen molar-refractivity contribution in [2.75, 3.05) is 45.9 Å². The van der Waals surface area contributed by atoms with Crippen LogP contribution in [0.2, 0.25) is 0 Å². The van der Waals surface area contributed by atoms with Crippen molar-refractivity contribution in [2.45, 2.75) is 18.9 Å². The highest BCUT2D eigenvalue weighted by atomic mass is 32.1. The predicted molar refractivity (Wildman–Crippen MR) is 95.8 cm³/mol. The van der Waals surface area contributed by atoms with Crippen LogP contribution in [0.1, 0.15) is 22.5 Å².